The Bertz CT molecular complexity index is 912. The van der Waals surface area contributed by atoms with Crippen molar-refractivity contribution in [3.63, 3.8) is 0 Å². The highest BCUT2D eigenvalue weighted by Gasteiger charge is 2.36. The van der Waals surface area contributed by atoms with Crippen molar-refractivity contribution < 1.29 is 28.2 Å². The molecule has 1 aromatic carbocycles. The highest BCUT2D eigenvalue weighted by atomic mass is 19.4. The summed E-state index contributed by atoms with van der Waals surface area (Å²) in [4.78, 5) is 12.1. The third-order valence-electron chi connectivity index (χ3n) is 5.22. The number of halogens is 3. The molecule has 172 valence electrons. The molecule has 0 amide bonds. The van der Waals surface area contributed by atoms with Crippen LogP contribution >= 0.6 is 0 Å². The Morgan fingerprint density at radius 3 is 2.29 bits per heavy atom. The molecule has 1 atom stereocenters. The number of alkyl halides is 3. The van der Waals surface area contributed by atoms with Crippen LogP contribution in [0.3, 0.4) is 0 Å². The second kappa shape index (κ2) is 9.42. The Morgan fingerprint density at radius 2 is 1.77 bits per heavy atom. The molecule has 1 heterocycles. The number of carboxylic acids is 1. The van der Waals surface area contributed by atoms with Crippen molar-refractivity contribution in [3.05, 3.63) is 46.8 Å². The van der Waals surface area contributed by atoms with Crippen LogP contribution in [-0.4, -0.2) is 31.6 Å². The van der Waals surface area contributed by atoms with E-state index < -0.39 is 23.3 Å². The number of rotatable bonds is 9. The van der Waals surface area contributed by atoms with Gasteiger partial charge in [0.1, 0.15) is 5.56 Å². The highest BCUT2D eigenvalue weighted by Crippen LogP contribution is 2.36. The SMILES string of the molecule is CC(CCCC(C)(C)O)Cc1nn(-c2ccccc2C(F)(F)F)c(C(C)C)c1C(=O)O. The van der Waals surface area contributed by atoms with Gasteiger partial charge in [0.2, 0.25) is 0 Å². The summed E-state index contributed by atoms with van der Waals surface area (Å²) in [5.41, 5.74) is -1.31. The topological polar surface area (TPSA) is 75.4 Å². The van der Waals surface area contributed by atoms with Crippen LogP contribution in [-0.2, 0) is 12.6 Å². The number of hydrogen-bond donors (Lipinski definition) is 2. The molecule has 31 heavy (non-hydrogen) atoms. The number of para-hydroxylation sites is 1. The van der Waals surface area contributed by atoms with E-state index in [2.05, 4.69) is 5.10 Å². The molecule has 0 radical (unpaired) electrons. The van der Waals surface area contributed by atoms with Crippen LogP contribution in [0, 0.1) is 5.92 Å². The summed E-state index contributed by atoms with van der Waals surface area (Å²) in [5.74, 6) is -1.49. The van der Waals surface area contributed by atoms with Gasteiger partial charge >= 0.3 is 12.1 Å². The maximum absolute atomic E-state index is 13.6. The van der Waals surface area contributed by atoms with Crippen molar-refractivity contribution in [3.8, 4) is 5.69 Å². The monoisotopic (exact) mass is 440 g/mol. The molecule has 2 rings (SSSR count). The second-order valence-corrected chi connectivity index (χ2v) is 9.11. The normalized spacial score (nSPS) is 13.6. The maximum atomic E-state index is 13.6. The molecule has 0 aliphatic carbocycles. The van der Waals surface area contributed by atoms with Gasteiger partial charge in [-0.3, -0.25) is 0 Å². The fourth-order valence-corrected chi connectivity index (χ4v) is 3.78. The number of aliphatic hydroxyl groups is 1. The zero-order chi connectivity index (χ0) is 23.6. The van der Waals surface area contributed by atoms with E-state index in [1.165, 1.54) is 18.2 Å². The zero-order valence-corrected chi connectivity index (χ0v) is 18.6. The average molecular weight is 441 g/mol. The number of benzene rings is 1. The first-order valence-corrected chi connectivity index (χ1v) is 10.5. The minimum absolute atomic E-state index is 0.0266. The number of aromatic carboxylic acids is 1. The summed E-state index contributed by atoms with van der Waals surface area (Å²) in [6.45, 7) is 8.90. The van der Waals surface area contributed by atoms with Gasteiger partial charge in [-0.25, -0.2) is 9.48 Å². The van der Waals surface area contributed by atoms with Gasteiger partial charge in [0.05, 0.1) is 28.2 Å². The van der Waals surface area contributed by atoms with E-state index in [-0.39, 0.29) is 34.5 Å². The molecule has 2 N–H and O–H groups in total. The summed E-state index contributed by atoms with van der Waals surface area (Å²) in [6, 6.07) is 5.06. The van der Waals surface area contributed by atoms with Crippen LogP contribution in [0.4, 0.5) is 13.2 Å². The van der Waals surface area contributed by atoms with E-state index in [1.807, 2.05) is 6.92 Å². The molecular weight excluding hydrogens is 409 g/mol. The van der Waals surface area contributed by atoms with Gasteiger partial charge in [-0.2, -0.15) is 18.3 Å². The number of carbonyl (C=O) groups is 1. The van der Waals surface area contributed by atoms with E-state index in [1.54, 1.807) is 27.7 Å². The molecule has 0 saturated heterocycles. The van der Waals surface area contributed by atoms with Crippen molar-refractivity contribution >= 4 is 5.97 Å². The Balaban J connectivity index is 2.50. The zero-order valence-electron chi connectivity index (χ0n) is 18.6. The molecule has 0 aliphatic rings. The molecule has 8 heteroatoms. The predicted octanol–water partition coefficient (Wildman–Crippen LogP) is 5.83. The third kappa shape index (κ3) is 6.32. The summed E-state index contributed by atoms with van der Waals surface area (Å²) in [6.07, 6.45) is -2.17. The Kier molecular flexibility index (Phi) is 7.57. The first kappa shape index (κ1) is 24.9. The lowest BCUT2D eigenvalue weighted by Gasteiger charge is -2.18. The van der Waals surface area contributed by atoms with E-state index >= 15 is 0 Å². The first-order chi connectivity index (χ1) is 14.2. The molecule has 1 unspecified atom stereocenters. The van der Waals surface area contributed by atoms with E-state index in [0.29, 0.717) is 12.8 Å². The Morgan fingerprint density at radius 1 is 1.16 bits per heavy atom. The molecule has 0 spiro atoms. The van der Waals surface area contributed by atoms with Crippen molar-refractivity contribution in [2.24, 2.45) is 5.92 Å². The van der Waals surface area contributed by atoms with Crippen LogP contribution in [0.25, 0.3) is 5.69 Å². The molecule has 1 aromatic heterocycles. The average Bonchev–Trinajstić information content (AvgIpc) is 2.99. The standard InChI is InChI=1S/C23H31F3N2O3/c1-14(2)20-19(21(29)30)17(13-15(3)9-8-12-22(4,5)31)27-28(20)18-11-7-6-10-16(18)23(24,25)26/h6-7,10-11,14-15,31H,8-9,12-13H2,1-5H3,(H,29,30). The molecule has 2 aromatic rings. The van der Waals surface area contributed by atoms with Gasteiger partial charge in [-0.1, -0.05) is 45.7 Å². The van der Waals surface area contributed by atoms with Crippen LogP contribution in [0.15, 0.2) is 24.3 Å². The van der Waals surface area contributed by atoms with E-state index in [0.717, 1.165) is 23.6 Å². The van der Waals surface area contributed by atoms with Crippen molar-refractivity contribution in [1.82, 2.24) is 9.78 Å². The van der Waals surface area contributed by atoms with Crippen LogP contribution in [0.1, 0.15) is 87.1 Å². The van der Waals surface area contributed by atoms with Crippen LogP contribution in [0.5, 0.6) is 0 Å². The molecule has 0 aliphatic heterocycles. The third-order valence-corrected chi connectivity index (χ3v) is 5.22. The number of carboxylic acid groups (broad SMARTS) is 1. The fraction of sp³-hybridized carbons (Fsp3) is 0.565. The van der Waals surface area contributed by atoms with Gasteiger partial charge in [0, 0.05) is 0 Å². The summed E-state index contributed by atoms with van der Waals surface area (Å²) in [7, 11) is 0. The predicted molar refractivity (Wildman–Crippen MR) is 113 cm³/mol. The van der Waals surface area contributed by atoms with Gasteiger partial charge in [-0.15, -0.1) is 0 Å². The van der Waals surface area contributed by atoms with Gasteiger partial charge < -0.3 is 10.2 Å². The summed E-state index contributed by atoms with van der Waals surface area (Å²) >= 11 is 0. The number of nitrogens with zero attached hydrogens (tertiary/aromatic N) is 2. The van der Waals surface area contributed by atoms with Gasteiger partial charge in [-0.05, 0) is 50.7 Å². The lowest BCUT2D eigenvalue weighted by Crippen LogP contribution is -2.18. The van der Waals surface area contributed by atoms with Crippen LogP contribution < -0.4 is 0 Å². The number of aromatic nitrogens is 2. The minimum Gasteiger partial charge on any atom is -0.478 e. The lowest BCUT2D eigenvalue weighted by atomic mass is 9.92. The van der Waals surface area contributed by atoms with Crippen LogP contribution in [0.2, 0.25) is 0 Å². The Hall–Kier alpha value is -2.35. The highest BCUT2D eigenvalue weighted by molar-refractivity contribution is 5.91. The maximum Gasteiger partial charge on any atom is 0.418 e. The molecular formula is C23H31F3N2O3. The quantitative estimate of drug-likeness (QED) is 0.514. The lowest BCUT2D eigenvalue weighted by molar-refractivity contribution is -0.137. The molecule has 0 fully saturated rings. The smallest absolute Gasteiger partial charge is 0.418 e. The van der Waals surface area contributed by atoms with Gasteiger partial charge in [0.15, 0.2) is 0 Å². The van der Waals surface area contributed by atoms with Crippen molar-refractivity contribution in [2.45, 2.75) is 78.0 Å². The van der Waals surface area contributed by atoms with Crippen molar-refractivity contribution in [1.29, 1.82) is 0 Å². The van der Waals surface area contributed by atoms with Crippen molar-refractivity contribution in [2.75, 3.05) is 0 Å². The van der Waals surface area contributed by atoms with E-state index in [9.17, 15) is 28.2 Å². The minimum atomic E-state index is -4.59. The summed E-state index contributed by atoms with van der Waals surface area (Å²) < 4.78 is 42.0. The molecule has 0 bridgehead atoms. The second-order valence-electron chi connectivity index (χ2n) is 9.11. The first-order valence-electron chi connectivity index (χ1n) is 10.5. The fourth-order valence-electron chi connectivity index (χ4n) is 3.78. The Labute approximate surface area is 180 Å². The summed E-state index contributed by atoms with van der Waals surface area (Å²) in [5, 5.41) is 24.1. The van der Waals surface area contributed by atoms with E-state index in [4.69, 9.17) is 0 Å². The largest absolute Gasteiger partial charge is 0.478 e. The number of hydrogen-bond acceptors (Lipinski definition) is 3. The molecule has 0 saturated carbocycles. The van der Waals surface area contributed by atoms with Gasteiger partial charge in [0.25, 0.3) is 0 Å². The molecule has 5 nitrogen and oxygen atoms in total.